The van der Waals surface area contributed by atoms with Gasteiger partial charge in [-0.3, -0.25) is 9.69 Å². The summed E-state index contributed by atoms with van der Waals surface area (Å²) in [5.41, 5.74) is -0.619. The lowest BCUT2D eigenvalue weighted by Gasteiger charge is -2.33. The van der Waals surface area contributed by atoms with Crippen molar-refractivity contribution < 1.29 is 14.3 Å². The molecule has 1 atom stereocenters. The Morgan fingerprint density at radius 2 is 1.95 bits per heavy atom. The van der Waals surface area contributed by atoms with Crippen molar-refractivity contribution in [2.75, 3.05) is 40.0 Å². The van der Waals surface area contributed by atoms with Crippen molar-refractivity contribution in [2.45, 2.75) is 59.0 Å². The van der Waals surface area contributed by atoms with E-state index in [-0.39, 0.29) is 5.97 Å². The van der Waals surface area contributed by atoms with E-state index in [1.165, 1.54) is 0 Å². The van der Waals surface area contributed by atoms with E-state index in [9.17, 15) is 4.79 Å². The molecular weight excluding hydrogens is 268 g/mol. The summed E-state index contributed by atoms with van der Waals surface area (Å²) >= 11 is 0. The minimum absolute atomic E-state index is 0.158. The molecule has 0 rings (SSSR count). The Labute approximate surface area is 130 Å². The number of methoxy groups -OCH3 is 1. The molecule has 5 heteroatoms. The van der Waals surface area contributed by atoms with Gasteiger partial charge in [0.05, 0.1) is 13.2 Å². The van der Waals surface area contributed by atoms with E-state index in [4.69, 9.17) is 9.47 Å². The molecule has 0 saturated carbocycles. The van der Waals surface area contributed by atoms with Crippen LogP contribution in [0.5, 0.6) is 0 Å². The summed E-state index contributed by atoms with van der Waals surface area (Å²) in [6.45, 7) is 13.9. The molecule has 1 unspecified atom stereocenters. The van der Waals surface area contributed by atoms with Crippen molar-refractivity contribution in [3.63, 3.8) is 0 Å². The van der Waals surface area contributed by atoms with Crippen molar-refractivity contribution >= 4 is 5.97 Å². The predicted molar refractivity (Wildman–Crippen MR) is 86.5 cm³/mol. The van der Waals surface area contributed by atoms with Crippen LogP contribution in [0.4, 0.5) is 0 Å². The van der Waals surface area contributed by atoms with Crippen LogP contribution in [-0.2, 0) is 14.3 Å². The molecule has 0 fully saturated rings. The molecule has 0 heterocycles. The molecule has 0 radical (unpaired) electrons. The van der Waals surface area contributed by atoms with Crippen molar-refractivity contribution in [3.8, 4) is 0 Å². The standard InChI is InChI=1S/C16H34N2O3/c1-7-10-17-16(5,15(19)21-8-2)9-11-18(14(3)4)12-13-20-6/h14,17H,7-13H2,1-6H3. The van der Waals surface area contributed by atoms with Crippen LogP contribution >= 0.6 is 0 Å². The van der Waals surface area contributed by atoms with Crippen LogP contribution < -0.4 is 5.32 Å². The summed E-state index contributed by atoms with van der Waals surface area (Å²) in [6.07, 6.45) is 1.72. The second-order valence-electron chi connectivity index (χ2n) is 5.85. The Bertz CT molecular complexity index is 285. The van der Waals surface area contributed by atoms with Crippen molar-refractivity contribution in [1.82, 2.24) is 10.2 Å². The largest absolute Gasteiger partial charge is 0.465 e. The van der Waals surface area contributed by atoms with Gasteiger partial charge in [-0.05, 0) is 47.1 Å². The van der Waals surface area contributed by atoms with Crippen LogP contribution in [0.25, 0.3) is 0 Å². The summed E-state index contributed by atoms with van der Waals surface area (Å²) in [6, 6.07) is 0.428. The zero-order chi connectivity index (χ0) is 16.3. The molecule has 0 spiro atoms. The zero-order valence-corrected chi connectivity index (χ0v) is 14.7. The molecule has 0 aromatic rings. The first-order valence-corrected chi connectivity index (χ1v) is 8.06. The number of rotatable bonds is 12. The smallest absolute Gasteiger partial charge is 0.326 e. The Kier molecular flexibility index (Phi) is 10.6. The highest BCUT2D eigenvalue weighted by molar-refractivity contribution is 5.80. The van der Waals surface area contributed by atoms with E-state index < -0.39 is 5.54 Å². The van der Waals surface area contributed by atoms with Crippen molar-refractivity contribution in [3.05, 3.63) is 0 Å². The number of carbonyl (C=O) groups is 1. The first-order valence-electron chi connectivity index (χ1n) is 8.06. The summed E-state index contributed by atoms with van der Waals surface area (Å²) in [7, 11) is 1.71. The average Bonchev–Trinajstić information content (AvgIpc) is 2.45. The second-order valence-corrected chi connectivity index (χ2v) is 5.85. The SMILES string of the molecule is CCCNC(C)(CCN(CCOC)C(C)C)C(=O)OCC. The molecule has 0 aliphatic heterocycles. The lowest BCUT2D eigenvalue weighted by Crippen LogP contribution is -2.53. The number of nitrogens with one attached hydrogen (secondary N) is 1. The van der Waals surface area contributed by atoms with E-state index in [0.29, 0.717) is 19.3 Å². The maximum Gasteiger partial charge on any atom is 0.326 e. The maximum atomic E-state index is 12.2. The second kappa shape index (κ2) is 11.0. The molecule has 0 saturated heterocycles. The third-order valence-corrected chi connectivity index (χ3v) is 3.70. The third kappa shape index (κ3) is 7.79. The van der Waals surface area contributed by atoms with Crippen LogP contribution in [-0.4, -0.2) is 62.4 Å². The summed E-state index contributed by atoms with van der Waals surface area (Å²) in [4.78, 5) is 14.6. The average molecular weight is 302 g/mol. The van der Waals surface area contributed by atoms with Crippen LogP contribution in [0.15, 0.2) is 0 Å². The van der Waals surface area contributed by atoms with Gasteiger partial charge in [0, 0.05) is 26.2 Å². The fourth-order valence-electron chi connectivity index (χ4n) is 2.16. The monoisotopic (exact) mass is 302 g/mol. The fraction of sp³-hybridized carbons (Fsp3) is 0.938. The van der Waals surface area contributed by atoms with Crippen LogP contribution in [0.3, 0.4) is 0 Å². The Morgan fingerprint density at radius 1 is 1.29 bits per heavy atom. The van der Waals surface area contributed by atoms with E-state index >= 15 is 0 Å². The number of ether oxygens (including phenoxy) is 2. The first-order chi connectivity index (χ1) is 9.91. The molecule has 0 aliphatic carbocycles. The zero-order valence-electron chi connectivity index (χ0n) is 14.7. The lowest BCUT2D eigenvalue weighted by atomic mass is 9.97. The molecular formula is C16H34N2O3. The number of hydrogen-bond acceptors (Lipinski definition) is 5. The third-order valence-electron chi connectivity index (χ3n) is 3.70. The van der Waals surface area contributed by atoms with Gasteiger partial charge >= 0.3 is 5.97 Å². The van der Waals surface area contributed by atoms with Gasteiger partial charge in [0.25, 0.3) is 0 Å². The topological polar surface area (TPSA) is 50.8 Å². The number of nitrogens with zero attached hydrogens (tertiary/aromatic N) is 1. The molecule has 0 amide bonds. The summed E-state index contributed by atoms with van der Waals surface area (Å²) in [5, 5.41) is 3.35. The van der Waals surface area contributed by atoms with Crippen molar-refractivity contribution in [2.24, 2.45) is 0 Å². The molecule has 126 valence electrons. The highest BCUT2D eigenvalue weighted by atomic mass is 16.5. The molecule has 5 nitrogen and oxygen atoms in total. The highest BCUT2D eigenvalue weighted by Crippen LogP contribution is 2.15. The molecule has 1 N–H and O–H groups in total. The van der Waals surface area contributed by atoms with Crippen molar-refractivity contribution in [1.29, 1.82) is 0 Å². The van der Waals surface area contributed by atoms with Gasteiger partial charge in [0.2, 0.25) is 0 Å². The molecule has 0 aromatic heterocycles. The van der Waals surface area contributed by atoms with Crippen LogP contribution in [0.1, 0.15) is 47.5 Å². The minimum Gasteiger partial charge on any atom is -0.465 e. The van der Waals surface area contributed by atoms with E-state index in [0.717, 1.165) is 32.5 Å². The van der Waals surface area contributed by atoms with Crippen LogP contribution in [0, 0.1) is 0 Å². The van der Waals surface area contributed by atoms with Gasteiger partial charge in [0.1, 0.15) is 5.54 Å². The molecule has 21 heavy (non-hydrogen) atoms. The lowest BCUT2D eigenvalue weighted by molar-refractivity contribution is -0.151. The summed E-state index contributed by atoms with van der Waals surface area (Å²) < 4.78 is 10.4. The fourth-order valence-corrected chi connectivity index (χ4v) is 2.16. The normalized spacial score (nSPS) is 14.5. The molecule has 0 bridgehead atoms. The Balaban J connectivity index is 4.66. The van der Waals surface area contributed by atoms with Gasteiger partial charge in [-0.25, -0.2) is 0 Å². The Hall–Kier alpha value is -0.650. The predicted octanol–water partition coefficient (Wildman–Crippen LogP) is 2.05. The highest BCUT2D eigenvalue weighted by Gasteiger charge is 2.34. The molecule has 0 aromatic carbocycles. The quantitative estimate of drug-likeness (QED) is 0.559. The van der Waals surface area contributed by atoms with Gasteiger partial charge in [0.15, 0.2) is 0 Å². The number of esters is 1. The Morgan fingerprint density at radius 3 is 2.43 bits per heavy atom. The first kappa shape index (κ1) is 20.3. The summed E-state index contributed by atoms with van der Waals surface area (Å²) in [5.74, 6) is -0.158. The minimum atomic E-state index is -0.619. The van der Waals surface area contributed by atoms with Gasteiger partial charge in [-0.2, -0.15) is 0 Å². The molecule has 0 aliphatic rings. The van der Waals surface area contributed by atoms with E-state index in [1.807, 2.05) is 13.8 Å². The van der Waals surface area contributed by atoms with E-state index in [2.05, 4.69) is 31.0 Å². The van der Waals surface area contributed by atoms with Crippen LogP contribution in [0.2, 0.25) is 0 Å². The van der Waals surface area contributed by atoms with Gasteiger partial charge in [-0.15, -0.1) is 0 Å². The van der Waals surface area contributed by atoms with E-state index in [1.54, 1.807) is 7.11 Å². The van der Waals surface area contributed by atoms with Gasteiger partial charge in [-0.1, -0.05) is 6.92 Å². The number of hydrogen-bond donors (Lipinski definition) is 1. The maximum absolute atomic E-state index is 12.2. The number of carbonyl (C=O) groups excluding carboxylic acids is 1. The van der Waals surface area contributed by atoms with Gasteiger partial charge < -0.3 is 14.8 Å².